The molecule has 0 spiro atoms. The Morgan fingerprint density at radius 3 is 2.75 bits per heavy atom. The van der Waals surface area contributed by atoms with E-state index in [0.29, 0.717) is 24.3 Å². The summed E-state index contributed by atoms with van der Waals surface area (Å²) >= 11 is 0. The van der Waals surface area contributed by atoms with Crippen LogP contribution in [0.3, 0.4) is 0 Å². The van der Waals surface area contributed by atoms with Gasteiger partial charge in [-0.25, -0.2) is 4.39 Å². The number of carbonyl (C=O) groups is 1. The van der Waals surface area contributed by atoms with Crippen LogP contribution in [-0.2, 0) is 6.42 Å². The number of aromatic hydroxyl groups is 1. The number of rotatable bonds is 1. The van der Waals surface area contributed by atoms with Gasteiger partial charge in [0.1, 0.15) is 17.1 Å². The molecule has 1 aliphatic rings. The van der Waals surface area contributed by atoms with Crippen molar-refractivity contribution in [1.29, 1.82) is 0 Å². The molecule has 0 radical (unpaired) electrons. The van der Waals surface area contributed by atoms with E-state index in [1.807, 2.05) is 0 Å². The summed E-state index contributed by atoms with van der Waals surface area (Å²) in [6.45, 7) is 0.427. The fourth-order valence-corrected chi connectivity index (χ4v) is 2.53. The maximum absolute atomic E-state index is 13.8. The van der Waals surface area contributed by atoms with Gasteiger partial charge in [-0.2, -0.15) is 0 Å². The van der Waals surface area contributed by atoms with Crippen molar-refractivity contribution in [3.05, 3.63) is 53.3 Å². The van der Waals surface area contributed by atoms with Gasteiger partial charge in [0.2, 0.25) is 0 Å². The number of phenolic OH excluding ortho intramolecular Hbond substituents is 1. The smallest absolute Gasteiger partial charge is 0.265 e. The molecule has 0 unspecified atom stereocenters. The predicted molar refractivity (Wildman–Crippen MR) is 74.3 cm³/mol. The highest BCUT2D eigenvalue weighted by Gasteiger charge is 2.29. The molecule has 3 N–H and O–H groups in total. The Labute approximate surface area is 115 Å². The number of anilines is 2. The van der Waals surface area contributed by atoms with Crippen LogP contribution in [0.2, 0.25) is 0 Å². The minimum Gasteiger partial charge on any atom is -0.507 e. The van der Waals surface area contributed by atoms with E-state index in [1.54, 1.807) is 18.2 Å². The van der Waals surface area contributed by atoms with Crippen molar-refractivity contribution in [2.24, 2.45) is 0 Å². The SMILES string of the molecule is Nc1cccc2c1CCN2C(=O)c1c(O)cccc1F. The van der Waals surface area contributed by atoms with Crippen molar-refractivity contribution in [1.82, 2.24) is 0 Å². The van der Waals surface area contributed by atoms with Gasteiger partial charge in [-0.15, -0.1) is 0 Å². The summed E-state index contributed by atoms with van der Waals surface area (Å²) in [6, 6.07) is 9.11. The fourth-order valence-electron chi connectivity index (χ4n) is 2.53. The predicted octanol–water partition coefficient (Wildman–Crippen LogP) is 2.32. The highest BCUT2D eigenvalue weighted by atomic mass is 19.1. The first-order chi connectivity index (χ1) is 9.59. The van der Waals surface area contributed by atoms with Crippen LogP contribution < -0.4 is 10.6 Å². The monoisotopic (exact) mass is 272 g/mol. The average molecular weight is 272 g/mol. The number of carbonyl (C=O) groups excluding carboxylic acids is 1. The molecule has 0 fully saturated rings. The fraction of sp³-hybridized carbons (Fsp3) is 0.133. The molecule has 4 nitrogen and oxygen atoms in total. The third-order valence-corrected chi connectivity index (χ3v) is 3.51. The molecule has 0 saturated heterocycles. The van der Waals surface area contributed by atoms with Crippen LogP contribution >= 0.6 is 0 Å². The summed E-state index contributed by atoms with van der Waals surface area (Å²) in [6.07, 6.45) is 0.628. The number of halogens is 1. The molecule has 2 aromatic rings. The van der Waals surface area contributed by atoms with Crippen molar-refractivity contribution in [2.45, 2.75) is 6.42 Å². The second kappa shape index (κ2) is 4.52. The Bertz CT molecular complexity index is 680. The van der Waals surface area contributed by atoms with Gasteiger partial charge < -0.3 is 15.7 Å². The number of nitrogens with zero attached hydrogens (tertiary/aromatic N) is 1. The molecule has 0 bridgehead atoms. The Hall–Kier alpha value is -2.56. The van der Waals surface area contributed by atoms with Crippen LogP contribution in [-0.4, -0.2) is 17.6 Å². The normalized spacial score (nSPS) is 13.3. The highest BCUT2D eigenvalue weighted by molar-refractivity contribution is 6.09. The van der Waals surface area contributed by atoms with E-state index in [1.165, 1.54) is 17.0 Å². The van der Waals surface area contributed by atoms with E-state index >= 15 is 0 Å². The minimum atomic E-state index is -0.729. The van der Waals surface area contributed by atoms with Crippen LogP contribution in [0.15, 0.2) is 36.4 Å². The quantitative estimate of drug-likeness (QED) is 0.783. The largest absolute Gasteiger partial charge is 0.507 e. The molecule has 0 aromatic heterocycles. The third kappa shape index (κ3) is 1.79. The van der Waals surface area contributed by atoms with E-state index in [0.717, 1.165) is 11.6 Å². The van der Waals surface area contributed by atoms with Crippen molar-refractivity contribution < 1.29 is 14.3 Å². The summed E-state index contributed by atoms with van der Waals surface area (Å²) in [5.74, 6) is -1.63. The molecule has 0 saturated carbocycles. The maximum Gasteiger partial charge on any atom is 0.265 e. The van der Waals surface area contributed by atoms with E-state index in [4.69, 9.17) is 5.73 Å². The lowest BCUT2D eigenvalue weighted by atomic mass is 10.1. The van der Waals surface area contributed by atoms with Gasteiger partial charge in [0, 0.05) is 23.5 Å². The molecular weight excluding hydrogens is 259 g/mol. The molecule has 20 heavy (non-hydrogen) atoms. The van der Waals surface area contributed by atoms with Gasteiger partial charge in [0.25, 0.3) is 5.91 Å². The van der Waals surface area contributed by atoms with Crippen LogP contribution in [0.25, 0.3) is 0 Å². The standard InChI is InChI=1S/C15H13FN2O2/c16-10-3-1-6-13(19)14(10)15(20)18-8-7-9-11(17)4-2-5-12(9)18/h1-6,19H,7-8,17H2. The Balaban J connectivity index is 2.05. The summed E-state index contributed by atoms with van der Waals surface area (Å²) in [7, 11) is 0. The van der Waals surface area contributed by atoms with Gasteiger partial charge in [-0.05, 0) is 30.7 Å². The zero-order valence-corrected chi connectivity index (χ0v) is 10.6. The second-order valence-electron chi connectivity index (χ2n) is 4.69. The molecule has 2 aromatic carbocycles. The first kappa shape index (κ1) is 12.5. The van der Waals surface area contributed by atoms with Crippen molar-refractivity contribution >= 4 is 17.3 Å². The lowest BCUT2D eigenvalue weighted by molar-refractivity contribution is 0.0982. The number of hydrogen-bond donors (Lipinski definition) is 2. The van der Waals surface area contributed by atoms with Crippen molar-refractivity contribution in [2.75, 3.05) is 17.2 Å². The number of hydrogen-bond acceptors (Lipinski definition) is 3. The van der Waals surface area contributed by atoms with Gasteiger partial charge in [0.15, 0.2) is 0 Å². The van der Waals surface area contributed by atoms with Crippen LogP contribution in [0.4, 0.5) is 15.8 Å². The molecule has 3 rings (SSSR count). The number of fused-ring (bicyclic) bond motifs is 1. The van der Waals surface area contributed by atoms with E-state index in [-0.39, 0.29) is 11.3 Å². The summed E-state index contributed by atoms with van der Waals surface area (Å²) in [5, 5.41) is 9.71. The van der Waals surface area contributed by atoms with Crippen LogP contribution in [0.1, 0.15) is 15.9 Å². The molecule has 5 heteroatoms. The van der Waals surface area contributed by atoms with Gasteiger partial charge in [-0.1, -0.05) is 12.1 Å². The molecule has 1 heterocycles. The number of nitrogen functional groups attached to an aromatic ring is 1. The molecule has 0 aliphatic carbocycles. The van der Waals surface area contributed by atoms with Crippen molar-refractivity contribution in [3.8, 4) is 5.75 Å². The van der Waals surface area contributed by atoms with Crippen LogP contribution in [0, 0.1) is 5.82 Å². The molecule has 0 atom stereocenters. The van der Waals surface area contributed by atoms with Gasteiger partial charge in [0.05, 0.1) is 0 Å². The minimum absolute atomic E-state index is 0.303. The summed E-state index contributed by atoms with van der Waals surface area (Å²) < 4.78 is 13.8. The Morgan fingerprint density at radius 2 is 2.00 bits per heavy atom. The van der Waals surface area contributed by atoms with Gasteiger partial charge in [-0.3, -0.25) is 4.79 Å². The molecule has 1 aliphatic heterocycles. The average Bonchev–Trinajstić information content (AvgIpc) is 2.83. The first-order valence-corrected chi connectivity index (χ1v) is 6.26. The van der Waals surface area contributed by atoms with Crippen molar-refractivity contribution in [3.63, 3.8) is 0 Å². The number of phenols is 1. The first-order valence-electron chi connectivity index (χ1n) is 6.26. The lowest BCUT2D eigenvalue weighted by Crippen LogP contribution is -2.29. The van der Waals surface area contributed by atoms with E-state index in [2.05, 4.69) is 0 Å². The van der Waals surface area contributed by atoms with Crippen LogP contribution in [0.5, 0.6) is 5.75 Å². The number of amides is 1. The zero-order valence-electron chi connectivity index (χ0n) is 10.6. The van der Waals surface area contributed by atoms with Gasteiger partial charge >= 0.3 is 0 Å². The topological polar surface area (TPSA) is 66.6 Å². The molecule has 1 amide bonds. The number of nitrogens with two attached hydrogens (primary N) is 1. The zero-order chi connectivity index (χ0) is 14.3. The second-order valence-corrected chi connectivity index (χ2v) is 4.69. The molecule has 102 valence electrons. The third-order valence-electron chi connectivity index (χ3n) is 3.51. The number of benzene rings is 2. The van der Waals surface area contributed by atoms with E-state index < -0.39 is 11.7 Å². The highest BCUT2D eigenvalue weighted by Crippen LogP contribution is 2.34. The Kier molecular flexibility index (Phi) is 2.82. The summed E-state index contributed by atoms with van der Waals surface area (Å²) in [5.41, 5.74) is 7.75. The van der Waals surface area contributed by atoms with E-state index in [9.17, 15) is 14.3 Å². The Morgan fingerprint density at radius 1 is 1.25 bits per heavy atom. The lowest BCUT2D eigenvalue weighted by Gasteiger charge is -2.18. The maximum atomic E-state index is 13.8. The summed E-state index contributed by atoms with van der Waals surface area (Å²) in [4.78, 5) is 13.9. The molecular formula is C15H13FN2O2.